The molecule has 1 aliphatic carbocycles. The lowest BCUT2D eigenvalue weighted by Gasteiger charge is -2.39. The molecule has 0 spiro atoms. The Morgan fingerprint density at radius 1 is 1.24 bits per heavy atom. The van der Waals surface area contributed by atoms with Crippen molar-refractivity contribution >= 4 is 17.9 Å². The average molecular weight is 468 g/mol. The maximum absolute atomic E-state index is 12.4. The van der Waals surface area contributed by atoms with Gasteiger partial charge in [-0.05, 0) is 37.2 Å². The lowest BCUT2D eigenvalue weighted by atomic mass is 9.75. The van der Waals surface area contributed by atoms with Gasteiger partial charge in [-0.2, -0.15) is 0 Å². The minimum absolute atomic E-state index is 0.0762. The zero-order valence-corrected chi connectivity index (χ0v) is 19.3. The fourth-order valence-electron chi connectivity index (χ4n) is 4.90. The van der Waals surface area contributed by atoms with E-state index >= 15 is 0 Å². The molecule has 0 saturated heterocycles. The van der Waals surface area contributed by atoms with Crippen LogP contribution in [-0.4, -0.2) is 53.4 Å². The summed E-state index contributed by atoms with van der Waals surface area (Å²) in [7, 11) is 2.75. The maximum atomic E-state index is 12.4. The number of hydrogen-bond acceptors (Lipinski definition) is 7. The van der Waals surface area contributed by atoms with Crippen LogP contribution in [0, 0.1) is 16.0 Å². The van der Waals surface area contributed by atoms with Crippen molar-refractivity contribution in [1.82, 2.24) is 4.90 Å². The number of methoxy groups -OCH3 is 2. The minimum Gasteiger partial charge on any atom is -0.490 e. The Bertz CT molecular complexity index is 1180. The molecular formula is C25H29N3O6. The number of carbonyl (C=O) groups is 1. The number of benzene rings is 2. The minimum atomic E-state index is -1.01. The number of nitro groups is 1. The van der Waals surface area contributed by atoms with Crippen molar-refractivity contribution in [1.29, 1.82) is 0 Å². The summed E-state index contributed by atoms with van der Waals surface area (Å²) >= 11 is 0. The quantitative estimate of drug-likeness (QED) is 0.494. The lowest BCUT2D eigenvalue weighted by molar-refractivity contribution is -0.385. The maximum Gasteiger partial charge on any atom is 0.409 e. The summed E-state index contributed by atoms with van der Waals surface area (Å²) < 4.78 is 10.1. The molecule has 1 heterocycles. The number of nitro benzene ring substituents is 1. The van der Waals surface area contributed by atoms with E-state index in [4.69, 9.17) is 14.5 Å². The highest BCUT2D eigenvalue weighted by Crippen LogP contribution is 2.36. The molecule has 1 N–H and O–H groups in total. The highest BCUT2D eigenvalue weighted by molar-refractivity contribution is 5.67. The number of nitrogens with zero attached hydrogens (tertiary/aromatic N) is 3. The molecule has 9 nitrogen and oxygen atoms in total. The first-order valence-corrected chi connectivity index (χ1v) is 11.3. The van der Waals surface area contributed by atoms with E-state index in [9.17, 15) is 20.0 Å². The second-order valence-corrected chi connectivity index (χ2v) is 9.00. The van der Waals surface area contributed by atoms with Crippen LogP contribution in [0.1, 0.15) is 31.2 Å². The van der Waals surface area contributed by atoms with Crippen molar-refractivity contribution in [2.24, 2.45) is 10.9 Å². The van der Waals surface area contributed by atoms with Gasteiger partial charge in [0.05, 0.1) is 42.7 Å². The van der Waals surface area contributed by atoms with E-state index < -0.39 is 16.6 Å². The Balaban J connectivity index is 1.44. The molecule has 34 heavy (non-hydrogen) atoms. The van der Waals surface area contributed by atoms with Gasteiger partial charge in [-0.25, -0.2) is 4.79 Å². The Kier molecular flexibility index (Phi) is 6.83. The topological polar surface area (TPSA) is 114 Å². The Labute approximate surface area is 197 Å². The fraction of sp³-hybridized carbons (Fsp3) is 0.440. The number of carbonyl (C=O) groups excluding carboxylic acids is 1. The third-order valence-corrected chi connectivity index (χ3v) is 6.74. The predicted octanol–water partition coefficient (Wildman–Crippen LogP) is 2.58. The number of fused-ring (bicyclic) bond motifs is 1. The van der Waals surface area contributed by atoms with Crippen LogP contribution in [0.15, 0.2) is 47.5 Å². The van der Waals surface area contributed by atoms with Gasteiger partial charge < -0.3 is 19.5 Å². The number of rotatable bonds is 7. The van der Waals surface area contributed by atoms with Crippen molar-refractivity contribution in [3.8, 4) is 5.75 Å². The predicted molar refractivity (Wildman–Crippen MR) is 125 cm³/mol. The SMILES string of the molecule is COC(=O)N(Cc1ccccc1)CC1(O)CCC(C2C=c3cc([N+](=O)[O-])c(OC)cc3=N2)CC1. The molecule has 1 amide bonds. The van der Waals surface area contributed by atoms with Gasteiger partial charge in [0.2, 0.25) is 0 Å². The van der Waals surface area contributed by atoms with Gasteiger partial charge >= 0.3 is 11.8 Å². The summed E-state index contributed by atoms with van der Waals surface area (Å²) in [5.74, 6) is 0.402. The van der Waals surface area contributed by atoms with Crippen molar-refractivity contribution in [3.05, 3.63) is 68.7 Å². The molecule has 0 bridgehead atoms. The first-order valence-electron chi connectivity index (χ1n) is 11.3. The molecule has 9 heteroatoms. The smallest absolute Gasteiger partial charge is 0.409 e. The number of aliphatic hydroxyl groups is 1. The molecule has 4 rings (SSSR count). The Morgan fingerprint density at radius 3 is 2.56 bits per heavy atom. The van der Waals surface area contributed by atoms with Crippen LogP contribution < -0.4 is 15.3 Å². The second-order valence-electron chi connectivity index (χ2n) is 9.00. The van der Waals surface area contributed by atoms with Crippen LogP contribution in [0.2, 0.25) is 0 Å². The van der Waals surface area contributed by atoms with Gasteiger partial charge in [-0.3, -0.25) is 15.1 Å². The molecule has 0 radical (unpaired) electrons. The summed E-state index contributed by atoms with van der Waals surface area (Å²) in [5, 5.41) is 24.0. The normalized spacial score (nSPS) is 23.3. The summed E-state index contributed by atoms with van der Waals surface area (Å²) in [4.78, 5) is 29.6. The molecule has 1 fully saturated rings. The van der Waals surface area contributed by atoms with E-state index in [1.807, 2.05) is 36.4 Å². The number of ether oxygens (including phenoxy) is 2. The van der Waals surface area contributed by atoms with Gasteiger partial charge in [0.15, 0.2) is 5.75 Å². The lowest BCUT2D eigenvalue weighted by Crippen LogP contribution is -2.48. The van der Waals surface area contributed by atoms with Crippen molar-refractivity contribution in [2.45, 2.75) is 43.9 Å². The van der Waals surface area contributed by atoms with Crippen LogP contribution in [0.3, 0.4) is 0 Å². The first kappa shape index (κ1) is 23.7. The van der Waals surface area contributed by atoms with Gasteiger partial charge in [0.1, 0.15) is 0 Å². The molecule has 1 unspecified atom stereocenters. The third-order valence-electron chi connectivity index (χ3n) is 6.74. The number of amides is 1. The summed E-state index contributed by atoms with van der Waals surface area (Å²) in [6.45, 7) is 0.553. The van der Waals surface area contributed by atoms with Crippen molar-refractivity contribution < 1.29 is 24.3 Å². The van der Waals surface area contributed by atoms with E-state index in [-0.39, 0.29) is 29.9 Å². The first-order chi connectivity index (χ1) is 16.3. The van der Waals surface area contributed by atoms with E-state index in [2.05, 4.69) is 0 Å². The second kappa shape index (κ2) is 9.80. The van der Waals surface area contributed by atoms with E-state index in [0.717, 1.165) is 23.6 Å². The third kappa shape index (κ3) is 5.04. The zero-order valence-electron chi connectivity index (χ0n) is 19.3. The summed E-state index contributed by atoms with van der Waals surface area (Å²) in [5.41, 5.74) is -0.119. The van der Waals surface area contributed by atoms with Crippen LogP contribution >= 0.6 is 0 Å². The summed E-state index contributed by atoms with van der Waals surface area (Å²) in [6, 6.07) is 12.6. The highest BCUT2D eigenvalue weighted by Gasteiger charge is 2.38. The van der Waals surface area contributed by atoms with Gasteiger partial charge in [-0.15, -0.1) is 0 Å². The largest absolute Gasteiger partial charge is 0.490 e. The van der Waals surface area contributed by atoms with Crippen LogP contribution in [-0.2, 0) is 11.3 Å². The molecule has 1 aliphatic heterocycles. The Hall–Kier alpha value is -3.46. The molecule has 2 aliphatic rings. The average Bonchev–Trinajstić information content (AvgIpc) is 3.26. The van der Waals surface area contributed by atoms with E-state index in [0.29, 0.717) is 24.7 Å². The van der Waals surface area contributed by atoms with Gasteiger partial charge in [-0.1, -0.05) is 36.4 Å². The zero-order chi connectivity index (χ0) is 24.3. The molecular weight excluding hydrogens is 438 g/mol. The number of hydrogen-bond donors (Lipinski definition) is 1. The fourth-order valence-corrected chi connectivity index (χ4v) is 4.90. The summed E-state index contributed by atoms with van der Waals surface area (Å²) in [6.07, 6.45) is 4.01. The van der Waals surface area contributed by atoms with Crippen LogP contribution in [0.25, 0.3) is 6.08 Å². The standard InChI is InChI=1S/C25H29N3O6/c1-33-23-14-21-19(13-22(23)28(31)32)12-20(26-21)18-8-10-25(30,11-9-18)16-27(24(29)34-2)15-17-6-4-3-5-7-17/h3-7,12-14,18,20,30H,8-11,15-16H2,1-2H3. The molecule has 180 valence electrons. The van der Waals surface area contributed by atoms with Crippen LogP contribution in [0.4, 0.5) is 10.5 Å². The molecule has 2 aromatic carbocycles. The molecule has 1 atom stereocenters. The molecule has 0 aromatic heterocycles. The van der Waals surface area contributed by atoms with Crippen LogP contribution in [0.5, 0.6) is 5.75 Å². The molecule has 2 aromatic rings. The van der Waals surface area contributed by atoms with Gasteiger partial charge in [0.25, 0.3) is 0 Å². The Morgan fingerprint density at radius 2 is 1.94 bits per heavy atom. The van der Waals surface area contributed by atoms with Gasteiger partial charge in [0, 0.05) is 23.9 Å². The van der Waals surface area contributed by atoms with Crippen molar-refractivity contribution in [3.63, 3.8) is 0 Å². The van der Waals surface area contributed by atoms with Crippen molar-refractivity contribution in [2.75, 3.05) is 20.8 Å². The van der Waals surface area contributed by atoms with E-state index in [1.165, 1.54) is 20.3 Å². The highest BCUT2D eigenvalue weighted by atomic mass is 16.6. The van der Waals surface area contributed by atoms with E-state index in [1.54, 1.807) is 11.0 Å². The molecule has 1 saturated carbocycles. The monoisotopic (exact) mass is 467 g/mol.